The average molecular weight is 295 g/mol. The second-order valence-electron chi connectivity index (χ2n) is 7.47. The van der Waals surface area contributed by atoms with Gasteiger partial charge in [-0.2, -0.15) is 0 Å². The molecular formula is C17H33N3O. The summed E-state index contributed by atoms with van der Waals surface area (Å²) < 4.78 is 0. The Hall–Kier alpha value is -0.610. The molecule has 0 radical (unpaired) electrons. The number of carbonyl (C=O) groups excluding carboxylic acids is 1. The molecule has 2 N–H and O–H groups in total. The van der Waals surface area contributed by atoms with Crippen molar-refractivity contribution in [1.29, 1.82) is 0 Å². The zero-order valence-corrected chi connectivity index (χ0v) is 14.1. The van der Waals surface area contributed by atoms with E-state index in [1.807, 2.05) is 11.9 Å². The monoisotopic (exact) mass is 295 g/mol. The molecule has 2 aliphatic rings. The Kier molecular flexibility index (Phi) is 5.67. The largest absolute Gasteiger partial charge is 0.344 e. The Labute approximate surface area is 130 Å². The fraction of sp³-hybridized carbons (Fsp3) is 0.941. The molecule has 2 saturated carbocycles. The molecule has 0 aliphatic heterocycles. The van der Waals surface area contributed by atoms with Crippen LogP contribution in [0.5, 0.6) is 0 Å². The number of hydrogen-bond acceptors (Lipinski definition) is 3. The SMILES string of the molecule is CN(CC1(N(C)C)CCC1)C(=O)C1CCCC(CCN)C1. The van der Waals surface area contributed by atoms with Crippen molar-refractivity contribution >= 4 is 5.91 Å². The van der Waals surface area contributed by atoms with Crippen molar-refractivity contribution in [2.24, 2.45) is 17.6 Å². The number of nitrogens with zero attached hydrogens (tertiary/aromatic N) is 2. The quantitative estimate of drug-likeness (QED) is 0.816. The maximum absolute atomic E-state index is 12.8. The number of nitrogens with two attached hydrogens (primary N) is 1. The van der Waals surface area contributed by atoms with Gasteiger partial charge in [0, 0.05) is 25.0 Å². The van der Waals surface area contributed by atoms with Crippen molar-refractivity contribution in [1.82, 2.24) is 9.80 Å². The van der Waals surface area contributed by atoms with Gasteiger partial charge in [0.1, 0.15) is 0 Å². The van der Waals surface area contributed by atoms with Crippen LogP contribution in [0.25, 0.3) is 0 Å². The van der Waals surface area contributed by atoms with E-state index in [9.17, 15) is 4.79 Å². The summed E-state index contributed by atoms with van der Waals surface area (Å²) >= 11 is 0. The first-order valence-electron chi connectivity index (χ1n) is 8.61. The summed E-state index contributed by atoms with van der Waals surface area (Å²) in [5, 5.41) is 0. The summed E-state index contributed by atoms with van der Waals surface area (Å²) in [7, 11) is 6.29. The lowest BCUT2D eigenvalue weighted by Gasteiger charge is -2.49. The molecule has 2 fully saturated rings. The van der Waals surface area contributed by atoms with E-state index in [-0.39, 0.29) is 11.5 Å². The second kappa shape index (κ2) is 7.10. The molecule has 2 unspecified atom stereocenters. The Morgan fingerprint density at radius 3 is 2.43 bits per heavy atom. The average Bonchev–Trinajstić information content (AvgIpc) is 2.42. The number of carbonyl (C=O) groups is 1. The van der Waals surface area contributed by atoms with E-state index >= 15 is 0 Å². The molecule has 2 rings (SSSR count). The third-order valence-corrected chi connectivity index (χ3v) is 5.85. The van der Waals surface area contributed by atoms with E-state index in [2.05, 4.69) is 19.0 Å². The third kappa shape index (κ3) is 3.78. The fourth-order valence-corrected chi connectivity index (χ4v) is 4.18. The number of rotatable bonds is 6. The smallest absolute Gasteiger partial charge is 0.225 e. The number of amides is 1. The Morgan fingerprint density at radius 1 is 1.19 bits per heavy atom. The van der Waals surface area contributed by atoms with Crippen molar-refractivity contribution in [3.8, 4) is 0 Å². The van der Waals surface area contributed by atoms with Crippen LogP contribution in [0, 0.1) is 11.8 Å². The molecule has 2 aliphatic carbocycles. The van der Waals surface area contributed by atoms with Crippen LogP contribution in [0.4, 0.5) is 0 Å². The van der Waals surface area contributed by atoms with E-state index in [0.717, 1.165) is 32.4 Å². The molecule has 4 heteroatoms. The molecule has 0 aromatic rings. The van der Waals surface area contributed by atoms with Crippen molar-refractivity contribution in [2.45, 2.75) is 56.9 Å². The van der Waals surface area contributed by atoms with Crippen LogP contribution in [0.15, 0.2) is 0 Å². The predicted molar refractivity (Wildman–Crippen MR) is 87.0 cm³/mol. The molecule has 21 heavy (non-hydrogen) atoms. The van der Waals surface area contributed by atoms with Crippen LogP contribution in [-0.2, 0) is 4.79 Å². The summed E-state index contributed by atoms with van der Waals surface area (Å²) in [6.07, 6.45) is 9.38. The van der Waals surface area contributed by atoms with Crippen LogP contribution in [0.2, 0.25) is 0 Å². The van der Waals surface area contributed by atoms with Gasteiger partial charge in [0.25, 0.3) is 0 Å². The summed E-state index contributed by atoms with van der Waals surface area (Å²) in [5.74, 6) is 1.27. The van der Waals surface area contributed by atoms with Gasteiger partial charge in [-0.25, -0.2) is 0 Å². The van der Waals surface area contributed by atoms with E-state index < -0.39 is 0 Å². The zero-order chi connectivity index (χ0) is 15.5. The molecule has 0 aromatic carbocycles. The predicted octanol–water partition coefficient (Wildman–Crippen LogP) is 2.08. The molecule has 1 amide bonds. The van der Waals surface area contributed by atoms with Crippen LogP contribution in [0.1, 0.15) is 51.4 Å². The second-order valence-corrected chi connectivity index (χ2v) is 7.47. The summed E-state index contributed by atoms with van der Waals surface area (Å²) in [4.78, 5) is 17.1. The highest BCUT2D eigenvalue weighted by Gasteiger charge is 2.41. The lowest BCUT2D eigenvalue weighted by Crippen LogP contribution is -2.58. The maximum Gasteiger partial charge on any atom is 0.225 e. The van der Waals surface area contributed by atoms with Gasteiger partial charge in [0.15, 0.2) is 0 Å². The molecular weight excluding hydrogens is 262 g/mol. The Morgan fingerprint density at radius 2 is 1.90 bits per heavy atom. The molecule has 0 aromatic heterocycles. The molecule has 0 saturated heterocycles. The lowest BCUT2D eigenvalue weighted by molar-refractivity contribution is -0.138. The number of hydrogen-bond donors (Lipinski definition) is 1. The van der Waals surface area contributed by atoms with Crippen molar-refractivity contribution in [3.63, 3.8) is 0 Å². The highest BCUT2D eigenvalue weighted by Crippen LogP contribution is 2.38. The Balaban J connectivity index is 1.89. The lowest BCUT2D eigenvalue weighted by atomic mass is 9.74. The molecule has 122 valence electrons. The van der Waals surface area contributed by atoms with Gasteiger partial charge >= 0.3 is 0 Å². The van der Waals surface area contributed by atoms with Crippen LogP contribution < -0.4 is 5.73 Å². The van der Waals surface area contributed by atoms with E-state index in [1.54, 1.807) is 0 Å². The fourth-order valence-electron chi connectivity index (χ4n) is 4.18. The van der Waals surface area contributed by atoms with E-state index in [1.165, 1.54) is 32.1 Å². The van der Waals surface area contributed by atoms with Gasteiger partial charge in [-0.3, -0.25) is 4.79 Å². The standard InChI is InChI=1S/C17H33N3O/c1-19(2)17(9-5-10-17)13-20(3)16(21)15-7-4-6-14(12-15)8-11-18/h14-15H,4-13,18H2,1-3H3. The van der Waals surface area contributed by atoms with Gasteiger partial charge in [-0.05, 0) is 65.1 Å². The molecule has 2 atom stereocenters. The molecule has 4 nitrogen and oxygen atoms in total. The van der Waals surface area contributed by atoms with Gasteiger partial charge < -0.3 is 15.5 Å². The van der Waals surface area contributed by atoms with E-state index in [4.69, 9.17) is 5.73 Å². The molecule has 0 spiro atoms. The summed E-state index contributed by atoms with van der Waals surface area (Å²) in [5.41, 5.74) is 5.91. The van der Waals surface area contributed by atoms with Crippen LogP contribution in [0.3, 0.4) is 0 Å². The molecule has 0 bridgehead atoms. The van der Waals surface area contributed by atoms with Gasteiger partial charge in [-0.15, -0.1) is 0 Å². The minimum atomic E-state index is 0.232. The van der Waals surface area contributed by atoms with E-state index in [0.29, 0.717) is 11.8 Å². The van der Waals surface area contributed by atoms with Crippen molar-refractivity contribution in [2.75, 3.05) is 34.2 Å². The topological polar surface area (TPSA) is 49.6 Å². The first-order valence-corrected chi connectivity index (χ1v) is 8.61. The minimum Gasteiger partial charge on any atom is -0.344 e. The molecule has 0 heterocycles. The van der Waals surface area contributed by atoms with Crippen LogP contribution >= 0.6 is 0 Å². The van der Waals surface area contributed by atoms with Crippen molar-refractivity contribution < 1.29 is 4.79 Å². The van der Waals surface area contributed by atoms with Crippen LogP contribution in [-0.4, -0.2) is 55.5 Å². The first-order chi connectivity index (χ1) is 9.98. The normalized spacial score (nSPS) is 28.2. The maximum atomic E-state index is 12.8. The highest BCUT2D eigenvalue weighted by atomic mass is 16.2. The number of likely N-dealkylation sites (N-methyl/N-ethyl adjacent to an activating group) is 2. The summed E-state index contributed by atoms with van der Waals surface area (Å²) in [6, 6.07) is 0. The van der Waals surface area contributed by atoms with Crippen molar-refractivity contribution in [3.05, 3.63) is 0 Å². The highest BCUT2D eigenvalue weighted by molar-refractivity contribution is 5.78. The van der Waals surface area contributed by atoms with Gasteiger partial charge in [0.05, 0.1) is 0 Å². The van der Waals surface area contributed by atoms with Gasteiger partial charge in [0.2, 0.25) is 5.91 Å². The summed E-state index contributed by atoms with van der Waals surface area (Å²) in [6.45, 7) is 1.64. The Bertz CT molecular complexity index is 350. The first kappa shape index (κ1) is 16.8. The zero-order valence-electron chi connectivity index (χ0n) is 14.1. The van der Waals surface area contributed by atoms with Gasteiger partial charge in [-0.1, -0.05) is 12.8 Å². The minimum absolute atomic E-state index is 0.232. The third-order valence-electron chi connectivity index (χ3n) is 5.85.